The zero-order valence-electron chi connectivity index (χ0n) is 16.9. The highest BCUT2D eigenvalue weighted by Gasteiger charge is 2.15. The van der Waals surface area contributed by atoms with Gasteiger partial charge < -0.3 is 20.3 Å². The summed E-state index contributed by atoms with van der Waals surface area (Å²) in [7, 11) is 0. The van der Waals surface area contributed by atoms with Gasteiger partial charge in [0.25, 0.3) is 5.69 Å². The minimum absolute atomic E-state index is 0.0530. The van der Waals surface area contributed by atoms with Gasteiger partial charge in [-0.3, -0.25) is 14.9 Å². The van der Waals surface area contributed by atoms with E-state index < -0.39 is 4.92 Å². The number of amides is 1. The van der Waals surface area contributed by atoms with Crippen LogP contribution >= 0.6 is 11.3 Å². The fourth-order valence-electron chi connectivity index (χ4n) is 3.29. The number of thiazole rings is 1. The van der Waals surface area contributed by atoms with Crippen LogP contribution in [0.4, 0.5) is 22.2 Å². The van der Waals surface area contributed by atoms with E-state index in [9.17, 15) is 14.9 Å². The van der Waals surface area contributed by atoms with Crippen molar-refractivity contribution in [2.24, 2.45) is 0 Å². The summed E-state index contributed by atoms with van der Waals surface area (Å²) >= 11 is 1.62. The number of nitro groups is 1. The number of hydrogen-bond donors (Lipinski definition) is 2. The van der Waals surface area contributed by atoms with Gasteiger partial charge in [-0.05, 0) is 36.8 Å². The monoisotopic (exact) mass is 441 g/mol. The number of non-ortho nitro benzene ring substituents is 1. The topological polar surface area (TPSA) is 110 Å². The Morgan fingerprint density at radius 2 is 1.90 bits per heavy atom. The molecule has 1 amide bonds. The average Bonchev–Trinajstić information content (AvgIpc) is 3.21. The predicted molar refractivity (Wildman–Crippen MR) is 122 cm³/mol. The Labute approximate surface area is 183 Å². The van der Waals surface area contributed by atoms with Crippen LogP contribution in [0.15, 0.2) is 42.5 Å². The summed E-state index contributed by atoms with van der Waals surface area (Å²) in [6, 6.07) is 12.0. The van der Waals surface area contributed by atoms with E-state index in [2.05, 4.69) is 15.5 Å². The molecule has 9 nitrogen and oxygen atoms in total. The molecule has 2 heterocycles. The third-order valence-electron chi connectivity index (χ3n) is 4.93. The van der Waals surface area contributed by atoms with Crippen molar-refractivity contribution in [2.75, 3.05) is 48.4 Å². The first-order valence-electron chi connectivity index (χ1n) is 10.1. The van der Waals surface area contributed by atoms with Crippen molar-refractivity contribution >= 4 is 49.7 Å². The number of nitrogens with one attached hydrogen (secondary N) is 2. The molecule has 31 heavy (non-hydrogen) atoms. The Morgan fingerprint density at radius 3 is 2.65 bits per heavy atom. The third kappa shape index (κ3) is 5.47. The van der Waals surface area contributed by atoms with Crippen LogP contribution in [-0.4, -0.2) is 48.7 Å². The molecular weight excluding hydrogens is 418 g/mol. The Balaban J connectivity index is 1.25. The molecule has 0 saturated carbocycles. The molecule has 0 radical (unpaired) electrons. The molecule has 0 atom stereocenters. The number of ether oxygens (including phenoxy) is 1. The van der Waals surface area contributed by atoms with Crippen molar-refractivity contribution in [3.05, 3.63) is 52.6 Å². The third-order valence-corrected chi connectivity index (χ3v) is 6.01. The number of aromatic nitrogens is 1. The molecule has 1 aliphatic heterocycles. The summed E-state index contributed by atoms with van der Waals surface area (Å²) in [6.45, 7) is 3.73. The molecule has 1 aliphatic rings. The Kier molecular flexibility index (Phi) is 6.58. The van der Waals surface area contributed by atoms with Gasteiger partial charge in [-0.1, -0.05) is 11.3 Å². The molecule has 162 valence electrons. The first-order valence-corrected chi connectivity index (χ1v) is 10.9. The van der Waals surface area contributed by atoms with E-state index in [0.29, 0.717) is 19.4 Å². The van der Waals surface area contributed by atoms with E-state index in [1.165, 1.54) is 12.1 Å². The maximum atomic E-state index is 12.3. The number of nitrogens with zero attached hydrogens (tertiary/aromatic N) is 3. The molecule has 4 rings (SSSR count). The van der Waals surface area contributed by atoms with Crippen LogP contribution in [0.2, 0.25) is 0 Å². The highest BCUT2D eigenvalue weighted by molar-refractivity contribution is 7.22. The number of hydrogen-bond acceptors (Lipinski definition) is 8. The van der Waals surface area contributed by atoms with Gasteiger partial charge in [0.05, 0.1) is 28.4 Å². The quantitative estimate of drug-likeness (QED) is 0.310. The van der Waals surface area contributed by atoms with Gasteiger partial charge in [0, 0.05) is 49.6 Å². The summed E-state index contributed by atoms with van der Waals surface area (Å²) < 4.78 is 6.44. The van der Waals surface area contributed by atoms with Crippen LogP contribution in [-0.2, 0) is 9.53 Å². The molecule has 0 spiro atoms. The van der Waals surface area contributed by atoms with Crippen molar-refractivity contribution in [1.82, 2.24) is 4.98 Å². The van der Waals surface area contributed by atoms with Crippen LogP contribution in [0.3, 0.4) is 0 Å². The van der Waals surface area contributed by atoms with Gasteiger partial charge in [-0.25, -0.2) is 4.98 Å². The number of rotatable bonds is 8. The predicted octanol–water partition coefficient (Wildman–Crippen LogP) is 3.87. The molecule has 0 unspecified atom stereocenters. The average molecular weight is 442 g/mol. The van der Waals surface area contributed by atoms with E-state index in [0.717, 1.165) is 53.0 Å². The minimum atomic E-state index is -0.429. The minimum Gasteiger partial charge on any atom is -0.385 e. The number of morpholine rings is 1. The highest BCUT2D eigenvalue weighted by Crippen LogP contribution is 2.31. The molecule has 2 N–H and O–H groups in total. The van der Waals surface area contributed by atoms with E-state index >= 15 is 0 Å². The molecule has 0 aliphatic carbocycles. The molecule has 1 aromatic heterocycles. The molecule has 0 bridgehead atoms. The number of benzene rings is 2. The zero-order chi connectivity index (χ0) is 21.6. The lowest BCUT2D eigenvalue weighted by molar-refractivity contribution is -0.384. The van der Waals surface area contributed by atoms with E-state index in [-0.39, 0.29) is 11.6 Å². The molecule has 3 aromatic rings. The van der Waals surface area contributed by atoms with Crippen LogP contribution < -0.4 is 15.5 Å². The van der Waals surface area contributed by atoms with Gasteiger partial charge in [-0.15, -0.1) is 0 Å². The summed E-state index contributed by atoms with van der Waals surface area (Å²) in [4.78, 5) is 29.4. The van der Waals surface area contributed by atoms with Gasteiger partial charge in [0.1, 0.15) is 0 Å². The van der Waals surface area contributed by atoms with Gasteiger partial charge in [0.2, 0.25) is 5.91 Å². The lowest BCUT2D eigenvalue weighted by Crippen LogP contribution is -2.36. The maximum Gasteiger partial charge on any atom is 0.269 e. The second-order valence-electron chi connectivity index (χ2n) is 7.16. The molecule has 1 saturated heterocycles. The van der Waals surface area contributed by atoms with Crippen LogP contribution in [0.25, 0.3) is 10.2 Å². The van der Waals surface area contributed by atoms with Gasteiger partial charge in [0.15, 0.2) is 5.13 Å². The summed E-state index contributed by atoms with van der Waals surface area (Å²) in [5.41, 5.74) is 2.53. The zero-order valence-corrected chi connectivity index (χ0v) is 17.7. The number of carbonyl (C=O) groups is 1. The fourth-order valence-corrected chi connectivity index (χ4v) is 4.34. The SMILES string of the molecule is O=C(CCCNc1ccc([N+](=O)[O-])cc1)Nc1ccc2nc(N3CCOCC3)sc2c1. The van der Waals surface area contributed by atoms with Crippen LogP contribution in [0.1, 0.15) is 12.8 Å². The Bertz CT molecular complexity index is 1060. The number of fused-ring (bicyclic) bond motifs is 1. The smallest absolute Gasteiger partial charge is 0.269 e. The number of anilines is 3. The van der Waals surface area contributed by atoms with Crippen molar-refractivity contribution in [3.8, 4) is 0 Å². The van der Waals surface area contributed by atoms with E-state index in [1.807, 2.05) is 18.2 Å². The lowest BCUT2D eigenvalue weighted by Gasteiger charge is -2.25. The van der Waals surface area contributed by atoms with Gasteiger partial charge in [-0.2, -0.15) is 0 Å². The van der Waals surface area contributed by atoms with Crippen LogP contribution in [0.5, 0.6) is 0 Å². The standard InChI is InChI=1S/C21H23N5O4S/c27-20(2-1-9-22-15-3-6-17(7-4-15)26(28)29)23-16-5-8-18-19(14-16)31-21(24-18)25-10-12-30-13-11-25/h3-8,14,22H,1-2,9-13H2,(H,23,27). The number of carbonyl (C=O) groups excluding carboxylic acids is 1. The summed E-state index contributed by atoms with van der Waals surface area (Å²) in [5, 5.41) is 17.8. The second kappa shape index (κ2) is 9.71. The second-order valence-corrected chi connectivity index (χ2v) is 8.17. The lowest BCUT2D eigenvalue weighted by atomic mass is 10.2. The molecule has 10 heteroatoms. The fraction of sp³-hybridized carbons (Fsp3) is 0.333. The van der Waals surface area contributed by atoms with Crippen molar-refractivity contribution in [3.63, 3.8) is 0 Å². The first kappa shape index (κ1) is 21.0. The van der Waals surface area contributed by atoms with Crippen molar-refractivity contribution in [2.45, 2.75) is 12.8 Å². The van der Waals surface area contributed by atoms with E-state index in [4.69, 9.17) is 9.72 Å². The number of nitro benzene ring substituents is 1. The highest BCUT2D eigenvalue weighted by atomic mass is 32.1. The van der Waals surface area contributed by atoms with Gasteiger partial charge >= 0.3 is 0 Å². The van der Waals surface area contributed by atoms with Crippen molar-refractivity contribution in [1.29, 1.82) is 0 Å². The first-order chi connectivity index (χ1) is 15.1. The van der Waals surface area contributed by atoms with Crippen molar-refractivity contribution < 1.29 is 14.5 Å². The van der Waals surface area contributed by atoms with Crippen LogP contribution in [0, 0.1) is 10.1 Å². The molecule has 2 aromatic carbocycles. The maximum absolute atomic E-state index is 12.3. The Morgan fingerprint density at radius 1 is 1.16 bits per heavy atom. The summed E-state index contributed by atoms with van der Waals surface area (Å²) in [5.74, 6) is -0.0530. The molecule has 1 fully saturated rings. The van der Waals surface area contributed by atoms with E-state index in [1.54, 1.807) is 23.5 Å². The molecular formula is C21H23N5O4S. The largest absolute Gasteiger partial charge is 0.385 e. The normalized spacial score (nSPS) is 13.9. The Hall–Kier alpha value is -3.24. The summed E-state index contributed by atoms with van der Waals surface area (Å²) in [6.07, 6.45) is 1.02.